The largest absolute Gasteiger partial charge is 0.370 e. The lowest BCUT2D eigenvalue weighted by atomic mass is 9.94. The van der Waals surface area contributed by atoms with Gasteiger partial charge in [-0.2, -0.15) is 0 Å². The molecule has 1 atom stereocenters. The van der Waals surface area contributed by atoms with Gasteiger partial charge in [-0.15, -0.1) is 24.0 Å². The quantitative estimate of drug-likeness (QED) is 0.402. The molecule has 3 N–H and O–H groups in total. The van der Waals surface area contributed by atoms with Crippen molar-refractivity contribution in [2.45, 2.75) is 45.6 Å². The molecule has 1 fully saturated rings. The van der Waals surface area contributed by atoms with Crippen molar-refractivity contribution in [2.75, 3.05) is 26.2 Å². The zero-order valence-electron chi connectivity index (χ0n) is 15.2. The van der Waals surface area contributed by atoms with Crippen molar-refractivity contribution < 1.29 is 0 Å². The number of nitrogens with zero attached hydrogens (tertiary/aromatic N) is 3. The molecule has 0 bridgehead atoms. The van der Waals surface area contributed by atoms with Crippen LogP contribution in [0.5, 0.6) is 0 Å². The first kappa shape index (κ1) is 21.2. The molecule has 1 unspecified atom stereocenters. The number of guanidine groups is 1. The third kappa shape index (κ3) is 6.93. The monoisotopic (exact) mass is 445 g/mol. The van der Waals surface area contributed by atoms with Gasteiger partial charge in [0.2, 0.25) is 0 Å². The molecule has 1 aliphatic heterocycles. The Kier molecular flexibility index (Phi) is 8.97. The molecular formula is C18H32IN5. The van der Waals surface area contributed by atoms with Crippen LogP contribution in [0.3, 0.4) is 0 Å². The summed E-state index contributed by atoms with van der Waals surface area (Å²) in [6.07, 6.45) is 5.29. The van der Waals surface area contributed by atoms with Gasteiger partial charge in [0, 0.05) is 36.9 Å². The maximum atomic E-state index is 6.00. The van der Waals surface area contributed by atoms with E-state index in [0.717, 1.165) is 37.7 Å². The molecule has 2 heterocycles. The summed E-state index contributed by atoms with van der Waals surface area (Å²) in [5, 5.41) is 3.18. The minimum absolute atomic E-state index is 0. The van der Waals surface area contributed by atoms with E-state index < -0.39 is 0 Å². The van der Waals surface area contributed by atoms with Gasteiger partial charge in [0.1, 0.15) is 0 Å². The van der Waals surface area contributed by atoms with Crippen LogP contribution in [-0.2, 0) is 6.42 Å². The number of halogens is 1. The van der Waals surface area contributed by atoms with E-state index >= 15 is 0 Å². The number of nitrogens with two attached hydrogens (primary N) is 1. The number of hydrogen-bond donors (Lipinski definition) is 2. The predicted octanol–water partition coefficient (Wildman–Crippen LogP) is 2.66. The zero-order chi connectivity index (χ0) is 16.7. The molecule has 136 valence electrons. The molecule has 2 rings (SSSR count). The van der Waals surface area contributed by atoms with Crippen molar-refractivity contribution in [3.8, 4) is 0 Å². The molecule has 0 spiro atoms. The summed E-state index contributed by atoms with van der Waals surface area (Å²) < 4.78 is 0. The van der Waals surface area contributed by atoms with Crippen LogP contribution in [0.2, 0.25) is 0 Å². The van der Waals surface area contributed by atoms with E-state index in [1.54, 1.807) is 0 Å². The number of pyridine rings is 1. The zero-order valence-corrected chi connectivity index (χ0v) is 17.5. The highest BCUT2D eigenvalue weighted by atomic mass is 127. The molecule has 1 aliphatic rings. The van der Waals surface area contributed by atoms with Crippen molar-refractivity contribution in [3.63, 3.8) is 0 Å². The number of aromatic nitrogens is 1. The van der Waals surface area contributed by atoms with E-state index in [4.69, 9.17) is 5.73 Å². The van der Waals surface area contributed by atoms with E-state index in [1.807, 2.05) is 24.4 Å². The summed E-state index contributed by atoms with van der Waals surface area (Å²) in [6.45, 7) is 10.7. The van der Waals surface area contributed by atoms with Crippen molar-refractivity contribution in [2.24, 2.45) is 16.6 Å². The van der Waals surface area contributed by atoms with Crippen LogP contribution in [0.1, 0.15) is 39.3 Å². The lowest BCUT2D eigenvalue weighted by Crippen LogP contribution is -2.51. The minimum Gasteiger partial charge on any atom is -0.370 e. The smallest absolute Gasteiger partial charge is 0.188 e. The Morgan fingerprint density at radius 1 is 1.46 bits per heavy atom. The maximum Gasteiger partial charge on any atom is 0.188 e. The Bertz CT molecular complexity index is 503. The number of aliphatic imine (C=N–C) groups is 1. The summed E-state index contributed by atoms with van der Waals surface area (Å²) in [6, 6.07) is 5.95. The summed E-state index contributed by atoms with van der Waals surface area (Å²) in [7, 11) is 0. The fourth-order valence-corrected chi connectivity index (χ4v) is 3.04. The van der Waals surface area contributed by atoms with Crippen molar-refractivity contribution >= 4 is 29.9 Å². The first-order valence-corrected chi connectivity index (χ1v) is 8.66. The normalized spacial score (nSPS) is 19.6. The topological polar surface area (TPSA) is 66.5 Å². The molecule has 5 nitrogen and oxygen atoms in total. The van der Waals surface area contributed by atoms with Gasteiger partial charge in [-0.3, -0.25) is 14.9 Å². The second-order valence-electron chi connectivity index (χ2n) is 7.21. The highest BCUT2D eigenvalue weighted by Crippen LogP contribution is 2.23. The lowest BCUT2D eigenvalue weighted by Gasteiger charge is -2.42. The molecule has 0 aliphatic carbocycles. The van der Waals surface area contributed by atoms with E-state index in [1.165, 1.54) is 19.4 Å². The molecule has 24 heavy (non-hydrogen) atoms. The van der Waals surface area contributed by atoms with Crippen LogP contribution in [0.25, 0.3) is 0 Å². The fourth-order valence-electron chi connectivity index (χ4n) is 3.04. The molecule has 0 amide bonds. The first-order valence-electron chi connectivity index (χ1n) is 8.66. The van der Waals surface area contributed by atoms with Gasteiger partial charge in [-0.25, -0.2) is 0 Å². The second-order valence-corrected chi connectivity index (χ2v) is 7.21. The Labute approximate surface area is 163 Å². The van der Waals surface area contributed by atoms with Crippen LogP contribution >= 0.6 is 24.0 Å². The fraction of sp³-hybridized carbons (Fsp3) is 0.667. The van der Waals surface area contributed by atoms with Crippen LogP contribution in [0.15, 0.2) is 29.4 Å². The SMILES string of the molecule is CC1CCCN(C(C)(C)CN=C(N)NCCc2ccccn2)C1.I. The Morgan fingerprint density at radius 2 is 2.25 bits per heavy atom. The molecule has 0 radical (unpaired) electrons. The van der Waals surface area contributed by atoms with Crippen LogP contribution in [-0.4, -0.2) is 47.6 Å². The van der Waals surface area contributed by atoms with Crippen LogP contribution < -0.4 is 11.1 Å². The van der Waals surface area contributed by atoms with Gasteiger partial charge >= 0.3 is 0 Å². The standard InChI is InChI=1S/C18H31N5.HI/c1-15-7-6-12-23(13-15)18(2,3)14-22-17(19)21-11-9-16-8-4-5-10-20-16;/h4-5,8,10,15H,6-7,9,11-14H2,1-3H3,(H3,19,21,22);1H. The number of nitrogens with one attached hydrogen (secondary N) is 1. The molecular weight excluding hydrogens is 413 g/mol. The van der Waals surface area contributed by atoms with E-state index in [0.29, 0.717) is 5.96 Å². The van der Waals surface area contributed by atoms with Gasteiger partial charge in [-0.1, -0.05) is 13.0 Å². The highest BCUT2D eigenvalue weighted by Gasteiger charge is 2.29. The third-order valence-corrected chi connectivity index (χ3v) is 4.56. The summed E-state index contributed by atoms with van der Waals surface area (Å²) >= 11 is 0. The second kappa shape index (κ2) is 10.2. The van der Waals surface area contributed by atoms with Gasteiger partial charge < -0.3 is 11.1 Å². The Morgan fingerprint density at radius 3 is 2.92 bits per heavy atom. The van der Waals surface area contributed by atoms with E-state index in [9.17, 15) is 0 Å². The number of piperidine rings is 1. The summed E-state index contributed by atoms with van der Waals surface area (Å²) in [5.41, 5.74) is 7.12. The lowest BCUT2D eigenvalue weighted by molar-refractivity contribution is 0.0775. The Hall–Kier alpha value is -0.890. The van der Waals surface area contributed by atoms with E-state index in [-0.39, 0.29) is 29.5 Å². The van der Waals surface area contributed by atoms with Gasteiger partial charge in [0.05, 0.1) is 6.54 Å². The number of hydrogen-bond acceptors (Lipinski definition) is 3. The van der Waals surface area contributed by atoms with Gasteiger partial charge in [-0.05, 0) is 51.3 Å². The van der Waals surface area contributed by atoms with Crippen LogP contribution in [0.4, 0.5) is 0 Å². The van der Waals surface area contributed by atoms with Crippen LogP contribution in [0, 0.1) is 5.92 Å². The molecule has 0 saturated carbocycles. The molecule has 1 saturated heterocycles. The summed E-state index contributed by atoms with van der Waals surface area (Å²) in [4.78, 5) is 11.4. The maximum absolute atomic E-state index is 6.00. The first-order chi connectivity index (χ1) is 11.0. The molecule has 1 aromatic rings. The van der Waals surface area contributed by atoms with Gasteiger partial charge in [0.25, 0.3) is 0 Å². The van der Waals surface area contributed by atoms with Gasteiger partial charge in [0.15, 0.2) is 5.96 Å². The molecule has 6 heteroatoms. The average Bonchev–Trinajstić information content (AvgIpc) is 2.54. The van der Waals surface area contributed by atoms with Crippen molar-refractivity contribution in [1.29, 1.82) is 0 Å². The molecule has 0 aromatic carbocycles. The minimum atomic E-state index is 0. The van der Waals surface area contributed by atoms with Crippen molar-refractivity contribution in [3.05, 3.63) is 30.1 Å². The average molecular weight is 445 g/mol. The third-order valence-electron chi connectivity index (χ3n) is 4.56. The van der Waals surface area contributed by atoms with Crippen molar-refractivity contribution in [1.82, 2.24) is 15.2 Å². The van der Waals surface area contributed by atoms with E-state index in [2.05, 4.69) is 41.0 Å². The molecule has 1 aromatic heterocycles. The highest BCUT2D eigenvalue weighted by molar-refractivity contribution is 14.0. The summed E-state index contributed by atoms with van der Waals surface area (Å²) in [5.74, 6) is 1.31. The number of likely N-dealkylation sites (tertiary alicyclic amines) is 1. The number of rotatable bonds is 6. The Balaban J connectivity index is 0.00000288. The predicted molar refractivity (Wildman–Crippen MR) is 112 cm³/mol.